The zero-order chi connectivity index (χ0) is 24.9. The van der Waals surface area contributed by atoms with E-state index in [1.54, 1.807) is 6.07 Å². The number of carbonyl (C=O) groups is 2. The number of rotatable bonds is 4. The molecule has 0 aliphatic carbocycles. The molecule has 1 atom stereocenters. The van der Waals surface area contributed by atoms with Crippen LogP contribution in [0.4, 0.5) is 22.0 Å². The second kappa shape index (κ2) is 9.75. The van der Waals surface area contributed by atoms with Gasteiger partial charge in [0.1, 0.15) is 11.8 Å². The monoisotopic (exact) mass is 478 g/mol. The molecule has 0 spiro atoms. The molecule has 176 valence electrons. The molecular formula is C22H15F5N4O3. The fourth-order valence-corrected chi connectivity index (χ4v) is 3.12. The minimum Gasteiger partial charge on any atom is -0.406 e. The van der Waals surface area contributed by atoms with Gasteiger partial charge < -0.3 is 15.0 Å². The largest absolute Gasteiger partial charge is 0.573 e. The van der Waals surface area contributed by atoms with Gasteiger partial charge in [0.05, 0.1) is 30.3 Å². The Morgan fingerprint density at radius 2 is 1.91 bits per heavy atom. The first kappa shape index (κ1) is 24.5. The molecule has 2 heterocycles. The maximum atomic E-state index is 13.5. The topological polar surface area (TPSA) is 95.3 Å². The zero-order valence-corrected chi connectivity index (χ0v) is 17.2. The molecule has 1 aromatic heterocycles. The standard InChI is InChI=1S/C22H15F5N4O3/c23-21(24)9-16(10-28)31(13-21)19(32)12-30-20(33)18-7-8-29-11-15(18)4-1-14-2-5-17(6-3-14)34-22(25,26)27/h2-3,5-8,11,16H,9,12-13H2,(H,30,33). The number of ether oxygens (including phenoxy) is 1. The summed E-state index contributed by atoms with van der Waals surface area (Å²) in [5.41, 5.74) is 0.527. The molecular weight excluding hydrogens is 463 g/mol. The Hall–Kier alpha value is -4.19. The summed E-state index contributed by atoms with van der Waals surface area (Å²) in [6, 6.07) is 6.43. The highest BCUT2D eigenvalue weighted by atomic mass is 19.4. The molecule has 34 heavy (non-hydrogen) atoms. The number of hydrogen-bond donors (Lipinski definition) is 1. The van der Waals surface area contributed by atoms with E-state index in [0.29, 0.717) is 5.56 Å². The van der Waals surface area contributed by atoms with Crippen molar-refractivity contribution >= 4 is 11.8 Å². The maximum absolute atomic E-state index is 13.5. The molecule has 2 aromatic rings. The van der Waals surface area contributed by atoms with Crippen LogP contribution < -0.4 is 10.1 Å². The Morgan fingerprint density at radius 1 is 1.21 bits per heavy atom. The molecule has 0 bridgehead atoms. The first-order chi connectivity index (χ1) is 16.0. The van der Waals surface area contributed by atoms with E-state index in [9.17, 15) is 31.5 Å². The molecule has 0 saturated carbocycles. The van der Waals surface area contributed by atoms with Crippen LogP contribution in [0.1, 0.15) is 27.9 Å². The summed E-state index contributed by atoms with van der Waals surface area (Å²) in [6.07, 6.45) is -3.01. The van der Waals surface area contributed by atoms with Gasteiger partial charge in [-0.2, -0.15) is 5.26 Å². The van der Waals surface area contributed by atoms with Crippen LogP contribution in [0.15, 0.2) is 42.7 Å². The van der Waals surface area contributed by atoms with Crippen molar-refractivity contribution in [2.45, 2.75) is 24.7 Å². The van der Waals surface area contributed by atoms with E-state index >= 15 is 0 Å². The van der Waals surface area contributed by atoms with Crippen molar-refractivity contribution in [3.05, 3.63) is 59.4 Å². The summed E-state index contributed by atoms with van der Waals surface area (Å²) in [6.45, 7) is -1.51. The van der Waals surface area contributed by atoms with E-state index in [4.69, 9.17) is 5.26 Å². The van der Waals surface area contributed by atoms with Crippen LogP contribution in [0.3, 0.4) is 0 Å². The summed E-state index contributed by atoms with van der Waals surface area (Å²) in [5, 5.41) is 11.3. The second-order valence-electron chi connectivity index (χ2n) is 7.15. The van der Waals surface area contributed by atoms with E-state index in [-0.39, 0.29) is 11.1 Å². The van der Waals surface area contributed by atoms with Crippen molar-refractivity contribution in [1.29, 1.82) is 5.26 Å². The van der Waals surface area contributed by atoms with Gasteiger partial charge in [-0.05, 0) is 30.3 Å². The number of likely N-dealkylation sites (tertiary alicyclic amines) is 1. The Morgan fingerprint density at radius 3 is 2.56 bits per heavy atom. The minimum absolute atomic E-state index is 0.0379. The van der Waals surface area contributed by atoms with Crippen molar-refractivity contribution in [2.75, 3.05) is 13.1 Å². The van der Waals surface area contributed by atoms with Gasteiger partial charge in [0.2, 0.25) is 5.91 Å². The van der Waals surface area contributed by atoms with E-state index in [2.05, 4.69) is 26.9 Å². The third-order valence-corrected chi connectivity index (χ3v) is 4.63. The zero-order valence-electron chi connectivity index (χ0n) is 17.2. The van der Waals surface area contributed by atoms with Crippen LogP contribution in [0.25, 0.3) is 0 Å². The Labute approximate surface area is 190 Å². The third kappa shape index (κ3) is 6.42. The average molecular weight is 478 g/mol. The SMILES string of the molecule is N#CC1CC(F)(F)CN1C(=O)CNC(=O)c1ccncc1C#Cc1ccc(OC(F)(F)F)cc1. The number of halogens is 5. The molecule has 1 N–H and O–H groups in total. The molecule has 1 aromatic carbocycles. The molecule has 2 amide bonds. The van der Waals surface area contributed by atoms with Crippen molar-refractivity contribution < 1.29 is 36.3 Å². The van der Waals surface area contributed by atoms with Crippen molar-refractivity contribution in [2.24, 2.45) is 0 Å². The second-order valence-corrected chi connectivity index (χ2v) is 7.15. The number of hydrogen-bond acceptors (Lipinski definition) is 5. The molecule has 3 rings (SSSR count). The number of nitriles is 1. The van der Waals surface area contributed by atoms with Gasteiger partial charge in [-0.3, -0.25) is 14.6 Å². The van der Waals surface area contributed by atoms with Gasteiger partial charge in [-0.25, -0.2) is 8.78 Å². The smallest absolute Gasteiger partial charge is 0.406 e. The number of nitrogens with zero attached hydrogens (tertiary/aromatic N) is 3. The summed E-state index contributed by atoms with van der Waals surface area (Å²) in [7, 11) is 0. The van der Waals surface area contributed by atoms with Crippen molar-refractivity contribution in [1.82, 2.24) is 15.2 Å². The normalized spacial score (nSPS) is 16.7. The lowest BCUT2D eigenvalue weighted by Gasteiger charge is -2.19. The number of amides is 2. The number of carbonyl (C=O) groups excluding carboxylic acids is 2. The van der Waals surface area contributed by atoms with Gasteiger partial charge in [-0.15, -0.1) is 13.2 Å². The number of pyridine rings is 1. The Bertz CT molecular complexity index is 1180. The fraction of sp³-hybridized carbons (Fsp3) is 0.273. The minimum atomic E-state index is -4.82. The molecule has 1 aliphatic rings. The summed E-state index contributed by atoms with van der Waals surface area (Å²) in [4.78, 5) is 29.4. The predicted octanol–water partition coefficient (Wildman–Crippen LogP) is 2.87. The van der Waals surface area contributed by atoms with Gasteiger partial charge >= 0.3 is 6.36 Å². The van der Waals surface area contributed by atoms with Crippen LogP contribution in [-0.4, -0.2) is 53.1 Å². The van der Waals surface area contributed by atoms with Crippen LogP contribution in [-0.2, 0) is 4.79 Å². The van der Waals surface area contributed by atoms with Crippen molar-refractivity contribution in [3.63, 3.8) is 0 Å². The molecule has 12 heteroatoms. The lowest BCUT2D eigenvalue weighted by molar-refractivity contribution is -0.274. The highest BCUT2D eigenvalue weighted by molar-refractivity contribution is 5.98. The molecule has 1 aliphatic heterocycles. The predicted molar refractivity (Wildman–Crippen MR) is 106 cm³/mol. The number of benzene rings is 1. The molecule has 1 saturated heterocycles. The summed E-state index contributed by atoms with van der Waals surface area (Å²) < 4.78 is 67.5. The number of nitrogens with one attached hydrogen (secondary N) is 1. The lowest BCUT2D eigenvalue weighted by atomic mass is 10.1. The highest BCUT2D eigenvalue weighted by Gasteiger charge is 2.47. The summed E-state index contributed by atoms with van der Waals surface area (Å²) in [5.74, 6) is 0.196. The van der Waals surface area contributed by atoms with E-state index < -0.39 is 55.4 Å². The fourth-order valence-electron chi connectivity index (χ4n) is 3.12. The Balaban J connectivity index is 1.67. The van der Waals surface area contributed by atoms with Gasteiger partial charge in [0.25, 0.3) is 11.8 Å². The quantitative estimate of drug-likeness (QED) is 0.539. The average Bonchev–Trinajstić information content (AvgIpc) is 3.10. The van der Waals surface area contributed by atoms with Gasteiger partial charge in [-0.1, -0.05) is 11.8 Å². The summed E-state index contributed by atoms with van der Waals surface area (Å²) >= 11 is 0. The molecule has 1 unspecified atom stereocenters. The van der Waals surface area contributed by atoms with E-state index in [1.165, 1.54) is 30.6 Å². The number of alkyl halides is 5. The van der Waals surface area contributed by atoms with Crippen LogP contribution >= 0.6 is 0 Å². The third-order valence-electron chi connectivity index (χ3n) is 4.63. The first-order valence-corrected chi connectivity index (χ1v) is 9.64. The first-order valence-electron chi connectivity index (χ1n) is 9.64. The molecule has 7 nitrogen and oxygen atoms in total. The van der Waals surface area contributed by atoms with Crippen LogP contribution in [0, 0.1) is 23.2 Å². The van der Waals surface area contributed by atoms with E-state index in [1.807, 2.05) is 0 Å². The maximum Gasteiger partial charge on any atom is 0.573 e. The van der Waals surface area contributed by atoms with E-state index in [0.717, 1.165) is 17.0 Å². The van der Waals surface area contributed by atoms with Crippen molar-refractivity contribution in [3.8, 4) is 23.7 Å². The van der Waals surface area contributed by atoms with Gasteiger partial charge in [0, 0.05) is 24.4 Å². The Kier molecular flexibility index (Phi) is 7.01. The van der Waals surface area contributed by atoms with Crippen LogP contribution in [0.2, 0.25) is 0 Å². The highest BCUT2D eigenvalue weighted by Crippen LogP contribution is 2.31. The lowest BCUT2D eigenvalue weighted by Crippen LogP contribution is -2.43. The molecule has 1 fully saturated rings. The molecule has 0 radical (unpaired) electrons. The van der Waals surface area contributed by atoms with Crippen LogP contribution in [0.5, 0.6) is 5.75 Å². The van der Waals surface area contributed by atoms with Gasteiger partial charge in [0.15, 0.2) is 0 Å². The number of aromatic nitrogens is 1.